The highest BCUT2D eigenvalue weighted by molar-refractivity contribution is 5.88. The van der Waals surface area contributed by atoms with Gasteiger partial charge in [-0.15, -0.1) is 0 Å². The third kappa shape index (κ3) is 3.20. The molecule has 1 N–H and O–H groups in total. The number of rotatable bonds is 5. The summed E-state index contributed by atoms with van der Waals surface area (Å²) in [6.07, 6.45) is 1.01. The van der Waals surface area contributed by atoms with Gasteiger partial charge in [-0.1, -0.05) is 30.3 Å². The number of aryl methyl sites for hydroxylation is 1. The number of likely N-dealkylation sites (tertiary alicyclic amines) is 1. The van der Waals surface area contributed by atoms with Crippen molar-refractivity contribution < 1.29 is 13.5 Å². The van der Waals surface area contributed by atoms with E-state index in [2.05, 4.69) is 53.2 Å². The molecule has 3 aromatic rings. The minimum Gasteiger partial charge on any atom is -0.496 e. The second-order valence-corrected chi connectivity index (χ2v) is 8.92. The summed E-state index contributed by atoms with van der Waals surface area (Å²) in [6.45, 7) is 3.70. The van der Waals surface area contributed by atoms with Gasteiger partial charge in [0.2, 0.25) is 6.43 Å². The van der Waals surface area contributed by atoms with Gasteiger partial charge < -0.3 is 9.72 Å². The largest absolute Gasteiger partial charge is 0.496 e. The molecule has 2 fully saturated rings. The zero-order chi connectivity index (χ0) is 20.8. The summed E-state index contributed by atoms with van der Waals surface area (Å²) in [4.78, 5) is 5.84. The number of aromatic amines is 1. The minimum absolute atomic E-state index is 0.167. The van der Waals surface area contributed by atoms with Crippen LogP contribution in [0.4, 0.5) is 8.78 Å². The van der Waals surface area contributed by atoms with Crippen LogP contribution in [0.2, 0.25) is 0 Å². The average Bonchev–Trinajstić information content (AvgIpc) is 3.45. The minimum atomic E-state index is -2.21. The number of alkyl halides is 2. The Balaban J connectivity index is 1.52. The molecule has 1 aliphatic carbocycles. The van der Waals surface area contributed by atoms with E-state index in [1.165, 1.54) is 16.5 Å². The normalized spacial score (nSPS) is 26.6. The number of fused-ring (bicyclic) bond motifs is 2. The van der Waals surface area contributed by atoms with Crippen LogP contribution in [0, 0.1) is 24.7 Å². The molecule has 4 unspecified atom stereocenters. The molecule has 3 nitrogen and oxygen atoms in total. The fourth-order valence-electron chi connectivity index (χ4n) is 5.95. The first-order chi connectivity index (χ1) is 14.6. The van der Waals surface area contributed by atoms with Gasteiger partial charge >= 0.3 is 0 Å². The lowest BCUT2D eigenvalue weighted by Gasteiger charge is -2.30. The van der Waals surface area contributed by atoms with E-state index in [1.807, 2.05) is 12.3 Å². The van der Waals surface area contributed by atoms with Gasteiger partial charge in [0.15, 0.2) is 0 Å². The molecule has 5 rings (SSSR count). The molecule has 4 atom stereocenters. The Kier molecular flexibility index (Phi) is 5.02. The Morgan fingerprint density at radius 1 is 1.17 bits per heavy atom. The number of H-pyrrole nitrogens is 1. The van der Waals surface area contributed by atoms with E-state index in [4.69, 9.17) is 4.74 Å². The summed E-state index contributed by atoms with van der Waals surface area (Å²) < 4.78 is 32.7. The van der Waals surface area contributed by atoms with Crippen LogP contribution >= 0.6 is 0 Å². The third-order valence-corrected chi connectivity index (χ3v) is 7.24. The third-order valence-electron chi connectivity index (χ3n) is 7.24. The Morgan fingerprint density at radius 3 is 2.70 bits per heavy atom. The first-order valence-electron chi connectivity index (χ1n) is 10.8. The average molecular weight is 411 g/mol. The van der Waals surface area contributed by atoms with Crippen LogP contribution in [0.25, 0.3) is 10.9 Å². The molecule has 1 aromatic heterocycles. The number of ether oxygens (including phenoxy) is 1. The number of hydrogen-bond donors (Lipinski definition) is 1. The van der Waals surface area contributed by atoms with Crippen molar-refractivity contribution in [1.29, 1.82) is 0 Å². The molecule has 1 saturated heterocycles. The van der Waals surface area contributed by atoms with Gasteiger partial charge in [-0.2, -0.15) is 0 Å². The van der Waals surface area contributed by atoms with Gasteiger partial charge in [0.25, 0.3) is 0 Å². The van der Waals surface area contributed by atoms with E-state index >= 15 is 0 Å². The summed E-state index contributed by atoms with van der Waals surface area (Å²) in [6, 6.07) is 14.8. The highest BCUT2D eigenvalue weighted by Crippen LogP contribution is 2.53. The molecule has 30 heavy (non-hydrogen) atoms. The van der Waals surface area contributed by atoms with Crippen LogP contribution in [-0.4, -0.2) is 30.0 Å². The lowest BCUT2D eigenvalue weighted by atomic mass is 9.89. The van der Waals surface area contributed by atoms with Gasteiger partial charge in [0.1, 0.15) is 5.75 Å². The zero-order valence-electron chi connectivity index (χ0n) is 17.4. The molecule has 0 amide bonds. The maximum Gasteiger partial charge on any atom is 0.241 e. The standard InChI is InChI=1S/C25H28F2N2O/c1-15-10-22(30-2)21(19-8-9-28-23(15)19)14-29-13-18-11-17(25(26)27)12-20(18)24(29)16-6-4-3-5-7-16/h3-10,17-18,20,24-25,28H,11-14H2,1-2H3. The lowest BCUT2D eigenvalue weighted by molar-refractivity contribution is 0.0692. The number of aromatic nitrogens is 1. The lowest BCUT2D eigenvalue weighted by Crippen LogP contribution is -2.27. The maximum absolute atomic E-state index is 13.5. The van der Waals surface area contributed by atoms with Gasteiger partial charge in [0, 0.05) is 47.7 Å². The summed E-state index contributed by atoms with van der Waals surface area (Å²) in [7, 11) is 1.72. The summed E-state index contributed by atoms with van der Waals surface area (Å²) in [5, 5.41) is 1.18. The molecule has 0 bridgehead atoms. The fourth-order valence-corrected chi connectivity index (χ4v) is 5.95. The molecule has 1 aliphatic heterocycles. The SMILES string of the molecule is COc1cc(C)c2[nH]ccc2c1CN1CC2CC(C(F)F)CC2C1c1ccccc1. The zero-order valence-corrected chi connectivity index (χ0v) is 17.4. The monoisotopic (exact) mass is 410 g/mol. The van der Waals surface area contributed by atoms with Crippen molar-refractivity contribution in [2.24, 2.45) is 17.8 Å². The smallest absolute Gasteiger partial charge is 0.241 e. The summed E-state index contributed by atoms with van der Waals surface area (Å²) in [5.41, 5.74) is 4.70. The van der Waals surface area contributed by atoms with Crippen LogP contribution < -0.4 is 4.74 Å². The predicted octanol–water partition coefficient (Wildman–Crippen LogP) is 5.95. The van der Waals surface area contributed by atoms with Crippen molar-refractivity contribution in [3.05, 3.63) is 65.4 Å². The van der Waals surface area contributed by atoms with Crippen LogP contribution in [-0.2, 0) is 6.54 Å². The van der Waals surface area contributed by atoms with Gasteiger partial charge in [-0.3, -0.25) is 4.90 Å². The van der Waals surface area contributed by atoms with Gasteiger partial charge in [0.05, 0.1) is 7.11 Å². The molecule has 0 spiro atoms. The van der Waals surface area contributed by atoms with E-state index < -0.39 is 12.3 Å². The van der Waals surface area contributed by atoms with E-state index in [9.17, 15) is 8.78 Å². The van der Waals surface area contributed by atoms with Crippen LogP contribution in [0.5, 0.6) is 5.75 Å². The van der Waals surface area contributed by atoms with Crippen LogP contribution in [0.15, 0.2) is 48.7 Å². The quantitative estimate of drug-likeness (QED) is 0.563. The van der Waals surface area contributed by atoms with Crippen molar-refractivity contribution in [2.75, 3.05) is 13.7 Å². The molecule has 1 saturated carbocycles. The molecule has 5 heteroatoms. The second kappa shape index (κ2) is 7.69. The van der Waals surface area contributed by atoms with Crippen molar-refractivity contribution in [3.63, 3.8) is 0 Å². The molecular formula is C25H28F2N2O. The Morgan fingerprint density at radius 2 is 1.97 bits per heavy atom. The van der Waals surface area contributed by atoms with Crippen molar-refractivity contribution in [3.8, 4) is 5.75 Å². The first kappa shape index (κ1) is 19.6. The molecule has 0 radical (unpaired) electrons. The first-order valence-corrected chi connectivity index (χ1v) is 10.8. The maximum atomic E-state index is 13.5. The highest BCUT2D eigenvalue weighted by atomic mass is 19.3. The number of hydrogen-bond acceptors (Lipinski definition) is 2. The highest BCUT2D eigenvalue weighted by Gasteiger charge is 2.49. The van der Waals surface area contributed by atoms with E-state index in [1.54, 1.807) is 7.11 Å². The number of nitrogens with zero attached hydrogens (tertiary/aromatic N) is 1. The molecule has 2 aromatic carbocycles. The number of benzene rings is 2. The predicted molar refractivity (Wildman–Crippen MR) is 115 cm³/mol. The van der Waals surface area contributed by atoms with Crippen LogP contribution in [0.1, 0.15) is 35.6 Å². The molecule has 2 aliphatic rings. The Labute approximate surface area is 176 Å². The van der Waals surface area contributed by atoms with Gasteiger partial charge in [-0.25, -0.2) is 8.78 Å². The topological polar surface area (TPSA) is 28.3 Å². The van der Waals surface area contributed by atoms with Crippen molar-refractivity contribution in [1.82, 2.24) is 9.88 Å². The molecule has 158 valence electrons. The van der Waals surface area contributed by atoms with Crippen molar-refractivity contribution in [2.45, 2.75) is 38.8 Å². The van der Waals surface area contributed by atoms with E-state index in [-0.39, 0.29) is 12.0 Å². The van der Waals surface area contributed by atoms with E-state index in [0.29, 0.717) is 18.8 Å². The molecule has 2 heterocycles. The van der Waals surface area contributed by atoms with E-state index in [0.717, 1.165) is 29.9 Å². The van der Waals surface area contributed by atoms with Crippen LogP contribution in [0.3, 0.4) is 0 Å². The molecular weight excluding hydrogens is 382 g/mol. The fraction of sp³-hybridized carbons (Fsp3) is 0.440. The number of halogens is 2. The van der Waals surface area contributed by atoms with Gasteiger partial charge in [-0.05, 0) is 54.9 Å². The summed E-state index contributed by atoms with van der Waals surface area (Å²) in [5.74, 6) is 1.05. The Bertz CT molecular complexity index is 1030. The second-order valence-electron chi connectivity index (χ2n) is 8.92. The number of nitrogens with one attached hydrogen (secondary N) is 1. The number of methoxy groups -OCH3 is 1. The van der Waals surface area contributed by atoms with Crippen molar-refractivity contribution >= 4 is 10.9 Å². The Hall–Kier alpha value is -2.40. The summed E-state index contributed by atoms with van der Waals surface area (Å²) >= 11 is 0.